The Hall–Kier alpha value is -2.90. The number of imidazole rings is 1. The lowest BCUT2D eigenvalue weighted by Gasteiger charge is -2.11. The fraction of sp³-hybridized carbons (Fsp3) is 0.412. The second kappa shape index (κ2) is 6.92. The Morgan fingerprint density at radius 2 is 2.16 bits per heavy atom. The number of nitrogens with zero attached hydrogens (tertiary/aromatic N) is 4. The molecule has 0 atom stereocenters. The molecule has 0 aliphatic carbocycles. The fourth-order valence-corrected chi connectivity index (χ4v) is 2.86. The summed E-state index contributed by atoms with van der Waals surface area (Å²) in [7, 11) is 0. The van der Waals surface area contributed by atoms with E-state index >= 15 is 0 Å². The predicted molar refractivity (Wildman–Crippen MR) is 93.8 cm³/mol. The van der Waals surface area contributed by atoms with E-state index in [1.807, 2.05) is 6.20 Å². The van der Waals surface area contributed by atoms with Gasteiger partial charge in [-0.1, -0.05) is 13.8 Å². The zero-order valence-corrected chi connectivity index (χ0v) is 14.6. The van der Waals surface area contributed by atoms with Crippen molar-refractivity contribution in [2.24, 2.45) is 0 Å². The summed E-state index contributed by atoms with van der Waals surface area (Å²) in [5.74, 6) is 1.22. The molecular formula is C17H22N6O2. The van der Waals surface area contributed by atoms with Crippen LogP contribution in [0.1, 0.15) is 48.1 Å². The number of hydrogen-bond acceptors (Lipinski definition) is 4. The first-order valence-electron chi connectivity index (χ1n) is 8.34. The number of aryl methyl sites for hydroxylation is 2. The Morgan fingerprint density at radius 1 is 1.36 bits per heavy atom. The highest BCUT2D eigenvalue weighted by molar-refractivity contribution is 5.95. The Morgan fingerprint density at radius 3 is 2.92 bits per heavy atom. The Labute approximate surface area is 144 Å². The van der Waals surface area contributed by atoms with E-state index in [0.717, 1.165) is 18.8 Å². The second-order valence-corrected chi connectivity index (χ2v) is 6.31. The van der Waals surface area contributed by atoms with Crippen molar-refractivity contribution in [2.45, 2.75) is 39.7 Å². The van der Waals surface area contributed by atoms with Crippen molar-refractivity contribution in [2.75, 3.05) is 6.54 Å². The standard InChI is InChI=1S/C17H22N6O2/c1-11(2)16-18-6-8-22(16)7-4-5-19-17(25)13-10-20-14-9-15(24)21-23(14)12(13)3/h6,8-11H,4-5,7H2,1-3H3,(H,19,25)(H,21,24). The summed E-state index contributed by atoms with van der Waals surface area (Å²) in [6.07, 6.45) is 6.06. The number of amides is 1. The van der Waals surface area contributed by atoms with E-state index in [-0.39, 0.29) is 11.5 Å². The summed E-state index contributed by atoms with van der Waals surface area (Å²) in [5, 5.41) is 5.54. The molecule has 0 aliphatic heterocycles. The van der Waals surface area contributed by atoms with Gasteiger partial charge in [0.2, 0.25) is 0 Å². The molecule has 0 spiro atoms. The minimum absolute atomic E-state index is 0.198. The molecule has 0 aromatic carbocycles. The van der Waals surface area contributed by atoms with Crippen molar-refractivity contribution in [3.05, 3.63) is 52.1 Å². The van der Waals surface area contributed by atoms with Crippen molar-refractivity contribution >= 4 is 11.6 Å². The van der Waals surface area contributed by atoms with Gasteiger partial charge < -0.3 is 9.88 Å². The lowest BCUT2D eigenvalue weighted by atomic mass is 10.2. The summed E-state index contributed by atoms with van der Waals surface area (Å²) >= 11 is 0. The molecule has 2 N–H and O–H groups in total. The Kier molecular flexibility index (Phi) is 4.69. The van der Waals surface area contributed by atoms with Crippen molar-refractivity contribution in [1.29, 1.82) is 0 Å². The normalized spacial score (nSPS) is 11.4. The summed E-state index contributed by atoms with van der Waals surface area (Å²) in [6, 6.07) is 1.39. The summed E-state index contributed by atoms with van der Waals surface area (Å²) in [5.41, 5.74) is 1.36. The third-order valence-corrected chi connectivity index (χ3v) is 4.13. The molecule has 0 aliphatic rings. The van der Waals surface area contributed by atoms with Gasteiger partial charge in [0.15, 0.2) is 5.65 Å². The third kappa shape index (κ3) is 3.47. The lowest BCUT2D eigenvalue weighted by Crippen LogP contribution is -2.27. The van der Waals surface area contributed by atoms with Gasteiger partial charge >= 0.3 is 0 Å². The van der Waals surface area contributed by atoms with Crippen molar-refractivity contribution in [3.63, 3.8) is 0 Å². The molecule has 3 heterocycles. The van der Waals surface area contributed by atoms with Gasteiger partial charge in [-0.05, 0) is 13.3 Å². The van der Waals surface area contributed by atoms with Crippen LogP contribution in [-0.4, -0.2) is 36.6 Å². The maximum Gasteiger partial charge on any atom is 0.266 e. The average Bonchev–Trinajstić information content (AvgIpc) is 3.18. The Balaban J connectivity index is 1.60. The van der Waals surface area contributed by atoms with Crippen molar-refractivity contribution in [1.82, 2.24) is 29.5 Å². The molecule has 0 radical (unpaired) electrons. The molecule has 0 fully saturated rings. The number of aromatic nitrogens is 5. The van der Waals surface area contributed by atoms with E-state index in [1.54, 1.807) is 13.1 Å². The lowest BCUT2D eigenvalue weighted by molar-refractivity contribution is 0.0951. The van der Waals surface area contributed by atoms with Crippen LogP contribution in [0.4, 0.5) is 0 Å². The fourth-order valence-electron chi connectivity index (χ4n) is 2.86. The highest BCUT2D eigenvalue weighted by Crippen LogP contribution is 2.12. The van der Waals surface area contributed by atoms with E-state index < -0.39 is 0 Å². The molecule has 3 aromatic heterocycles. The third-order valence-electron chi connectivity index (χ3n) is 4.13. The van der Waals surface area contributed by atoms with Crippen LogP contribution in [0.2, 0.25) is 0 Å². The van der Waals surface area contributed by atoms with Gasteiger partial charge in [-0.2, -0.15) is 0 Å². The first-order valence-corrected chi connectivity index (χ1v) is 8.34. The number of hydrogen-bond donors (Lipinski definition) is 2. The van der Waals surface area contributed by atoms with Crippen LogP contribution in [0, 0.1) is 6.92 Å². The SMILES string of the molecule is Cc1c(C(=O)NCCCn2ccnc2C(C)C)cnc2cc(=O)[nH]n12. The van der Waals surface area contributed by atoms with Crippen LogP contribution in [-0.2, 0) is 6.54 Å². The van der Waals surface area contributed by atoms with Crippen LogP contribution < -0.4 is 10.9 Å². The number of rotatable bonds is 6. The van der Waals surface area contributed by atoms with E-state index in [1.165, 1.54) is 16.8 Å². The summed E-state index contributed by atoms with van der Waals surface area (Å²) < 4.78 is 3.64. The van der Waals surface area contributed by atoms with Gasteiger partial charge in [0.1, 0.15) is 5.82 Å². The molecule has 0 saturated carbocycles. The smallest absolute Gasteiger partial charge is 0.266 e. The highest BCUT2D eigenvalue weighted by Gasteiger charge is 2.13. The predicted octanol–water partition coefficient (Wildman–Crippen LogP) is 1.47. The van der Waals surface area contributed by atoms with Crippen LogP contribution in [0.15, 0.2) is 29.5 Å². The number of nitrogens with one attached hydrogen (secondary N) is 2. The number of carbonyl (C=O) groups excluding carboxylic acids is 1. The number of fused-ring (bicyclic) bond motifs is 1. The molecule has 0 saturated heterocycles. The second-order valence-electron chi connectivity index (χ2n) is 6.31. The van der Waals surface area contributed by atoms with Gasteiger partial charge in [0, 0.05) is 43.7 Å². The number of H-pyrrole nitrogens is 1. The average molecular weight is 342 g/mol. The topological polar surface area (TPSA) is 97.1 Å². The van der Waals surface area contributed by atoms with E-state index in [0.29, 0.717) is 29.4 Å². The van der Waals surface area contributed by atoms with Gasteiger partial charge in [0.05, 0.1) is 11.3 Å². The van der Waals surface area contributed by atoms with Crippen LogP contribution in [0.3, 0.4) is 0 Å². The summed E-state index contributed by atoms with van der Waals surface area (Å²) in [6.45, 7) is 7.35. The van der Waals surface area contributed by atoms with Gasteiger partial charge in [-0.25, -0.2) is 14.5 Å². The van der Waals surface area contributed by atoms with Gasteiger partial charge in [0.25, 0.3) is 11.5 Å². The first-order chi connectivity index (χ1) is 12.0. The highest BCUT2D eigenvalue weighted by atomic mass is 16.1. The number of aromatic amines is 1. The first kappa shape index (κ1) is 16.9. The summed E-state index contributed by atoms with van der Waals surface area (Å²) in [4.78, 5) is 32.3. The molecule has 3 rings (SSSR count). The molecular weight excluding hydrogens is 320 g/mol. The zero-order chi connectivity index (χ0) is 18.0. The maximum absolute atomic E-state index is 12.4. The largest absolute Gasteiger partial charge is 0.352 e. The maximum atomic E-state index is 12.4. The van der Waals surface area contributed by atoms with Crippen LogP contribution in [0.5, 0.6) is 0 Å². The molecule has 8 nitrogen and oxygen atoms in total. The molecule has 3 aromatic rings. The van der Waals surface area contributed by atoms with E-state index in [2.05, 4.69) is 38.8 Å². The van der Waals surface area contributed by atoms with Crippen molar-refractivity contribution in [3.8, 4) is 0 Å². The minimum Gasteiger partial charge on any atom is -0.352 e. The number of carbonyl (C=O) groups is 1. The van der Waals surface area contributed by atoms with E-state index in [9.17, 15) is 9.59 Å². The molecule has 0 bridgehead atoms. The van der Waals surface area contributed by atoms with E-state index in [4.69, 9.17) is 0 Å². The molecule has 8 heteroatoms. The van der Waals surface area contributed by atoms with Crippen molar-refractivity contribution < 1.29 is 4.79 Å². The van der Waals surface area contributed by atoms with Gasteiger partial charge in [-0.3, -0.25) is 14.7 Å². The quantitative estimate of drug-likeness (QED) is 0.663. The Bertz CT molecular complexity index is 950. The minimum atomic E-state index is -0.241. The van der Waals surface area contributed by atoms with Crippen LogP contribution in [0.25, 0.3) is 5.65 Å². The molecule has 1 amide bonds. The monoisotopic (exact) mass is 342 g/mol. The molecule has 132 valence electrons. The molecule has 25 heavy (non-hydrogen) atoms. The van der Waals surface area contributed by atoms with Gasteiger partial charge in [-0.15, -0.1) is 0 Å². The van der Waals surface area contributed by atoms with Crippen LogP contribution >= 0.6 is 0 Å². The molecule has 0 unspecified atom stereocenters. The zero-order valence-electron chi connectivity index (χ0n) is 14.6.